The summed E-state index contributed by atoms with van der Waals surface area (Å²) in [6.07, 6.45) is 4.47. The van der Waals surface area contributed by atoms with Gasteiger partial charge in [0.15, 0.2) is 5.78 Å². The quantitative estimate of drug-likeness (QED) is 0.549. The van der Waals surface area contributed by atoms with Gasteiger partial charge in [0.25, 0.3) is 0 Å². The Bertz CT molecular complexity index is 833. The first kappa shape index (κ1) is 21.5. The first-order valence-electron chi connectivity index (χ1n) is 11.0. The molecule has 3 saturated carbocycles. The molecule has 3 fully saturated rings. The molecule has 7 atom stereocenters. The summed E-state index contributed by atoms with van der Waals surface area (Å²) in [4.78, 5) is 35.5. The standard InChI is InChI=1S/C23H32O7/c1-20-6-3-14(24)11-13(20)12-15(19(27)28)18-16-4-7-22(29,8-5-17(25)26)21(16,2)9-10-23(18,20)30/h11,15-16,18,29-30H,3-10,12H2,1-2H3,(H,25,26)(H,27,28)/t15-,16+,18+,20+,21+,22+,23-/m1/s1. The molecule has 4 aliphatic rings. The molecule has 0 heterocycles. The Hall–Kier alpha value is -1.73. The maximum Gasteiger partial charge on any atom is 0.307 e. The maximum atomic E-state index is 12.3. The number of carboxylic acids is 2. The topological polar surface area (TPSA) is 132 Å². The second-order valence-corrected chi connectivity index (χ2v) is 10.6. The van der Waals surface area contributed by atoms with Crippen LogP contribution in [0, 0.1) is 28.6 Å². The predicted molar refractivity (Wildman–Crippen MR) is 106 cm³/mol. The maximum absolute atomic E-state index is 12.3. The molecular formula is C23H32O7. The van der Waals surface area contributed by atoms with E-state index in [-0.39, 0.29) is 31.0 Å². The van der Waals surface area contributed by atoms with E-state index in [0.717, 1.165) is 5.57 Å². The Kier molecular flexibility index (Phi) is 4.75. The fraction of sp³-hybridized carbons (Fsp3) is 0.783. The van der Waals surface area contributed by atoms with Gasteiger partial charge in [-0.15, -0.1) is 0 Å². The van der Waals surface area contributed by atoms with Crippen molar-refractivity contribution in [1.82, 2.24) is 0 Å². The van der Waals surface area contributed by atoms with Crippen molar-refractivity contribution in [3.8, 4) is 0 Å². The van der Waals surface area contributed by atoms with Crippen LogP contribution in [-0.4, -0.2) is 49.4 Å². The van der Waals surface area contributed by atoms with Crippen LogP contribution in [0.1, 0.15) is 71.6 Å². The number of carboxylic acid groups (broad SMARTS) is 2. The molecule has 7 nitrogen and oxygen atoms in total. The van der Waals surface area contributed by atoms with Crippen LogP contribution < -0.4 is 0 Å². The number of carbonyl (C=O) groups is 3. The lowest BCUT2D eigenvalue weighted by atomic mass is 9.42. The highest BCUT2D eigenvalue weighted by molar-refractivity contribution is 5.92. The van der Waals surface area contributed by atoms with Crippen LogP contribution in [0.15, 0.2) is 11.6 Å². The zero-order valence-electron chi connectivity index (χ0n) is 17.7. The molecule has 0 aromatic heterocycles. The lowest BCUT2D eigenvalue weighted by Crippen LogP contribution is -2.67. The number of hydrogen-bond acceptors (Lipinski definition) is 5. The average Bonchev–Trinajstić information content (AvgIpc) is 2.93. The zero-order chi connectivity index (χ0) is 22.1. The summed E-state index contributed by atoms with van der Waals surface area (Å²) in [5, 5.41) is 42.8. The molecule has 0 amide bonds. The Morgan fingerprint density at radius 2 is 1.80 bits per heavy atom. The molecule has 30 heavy (non-hydrogen) atoms. The van der Waals surface area contributed by atoms with E-state index in [1.54, 1.807) is 6.08 Å². The minimum Gasteiger partial charge on any atom is -0.481 e. The number of ketones is 1. The summed E-state index contributed by atoms with van der Waals surface area (Å²) >= 11 is 0. The minimum absolute atomic E-state index is 0.0155. The van der Waals surface area contributed by atoms with Gasteiger partial charge in [-0.25, -0.2) is 0 Å². The third-order valence-electron chi connectivity index (χ3n) is 9.57. The van der Waals surface area contributed by atoms with Crippen molar-refractivity contribution >= 4 is 17.7 Å². The van der Waals surface area contributed by atoms with Crippen LogP contribution in [0.25, 0.3) is 0 Å². The monoisotopic (exact) mass is 420 g/mol. The van der Waals surface area contributed by atoms with Crippen molar-refractivity contribution in [2.45, 2.75) is 82.8 Å². The van der Waals surface area contributed by atoms with Crippen LogP contribution in [0.4, 0.5) is 0 Å². The summed E-state index contributed by atoms with van der Waals surface area (Å²) in [6, 6.07) is 0. The van der Waals surface area contributed by atoms with Gasteiger partial charge in [0.2, 0.25) is 0 Å². The van der Waals surface area contributed by atoms with Gasteiger partial charge >= 0.3 is 11.9 Å². The summed E-state index contributed by atoms with van der Waals surface area (Å²) in [6.45, 7) is 3.91. The molecule has 0 radical (unpaired) electrons. The lowest BCUT2D eigenvalue weighted by Gasteiger charge is -2.64. The molecule has 4 rings (SSSR count). The van der Waals surface area contributed by atoms with E-state index in [9.17, 15) is 29.7 Å². The van der Waals surface area contributed by atoms with Crippen molar-refractivity contribution in [1.29, 1.82) is 0 Å². The molecule has 4 N–H and O–H groups in total. The Labute approximate surface area is 176 Å². The van der Waals surface area contributed by atoms with E-state index in [0.29, 0.717) is 38.5 Å². The Morgan fingerprint density at radius 3 is 2.43 bits per heavy atom. The van der Waals surface area contributed by atoms with Gasteiger partial charge in [-0.1, -0.05) is 19.4 Å². The molecular weight excluding hydrogens is 388 g/mol. The fourth-order valence-electron chi connectivity index (χ4n) is 7.61. The summed E-state index contributed by atoms with van der Waals surface area (Å²) in [5.41, 5.74) is -2.99. The van der Waals surface area contributed by atoms with E-state index in [4.69, 9.17) is 5.11 Å². The van der Waals surface area contributed by atoms with Crippen LogP contribution in [0.2, 0.25) is 0 Å². The molecule has 0 bridgehead atoms. The first-order chi connectivity index (χ1) is 13.9. The van der Waals surface area contributed by atoms with Crippen LogP contribution in [-0.2, 0) is 14.4 Å². The second kappa shape index (κ2) is 6.63. The second-order valence-electron chi connectivity index (χ2n) is 10.6. The van der Waals surface area contributed by atoms with Crippen molar-refractivity contribution in [3.63, 3.8) is 0 Å². The number of hydrogen-bond donors (Lipinski definition) is 4. The predicted octanol–water partition coefficient (Wildman–Crippen LogP) is 2.54. The van der Waals surface area contributed by atoms with E-state index in [1.807, 2.05) is 13.8 Å². The molecule has 4 aliphatic carbocycles. The van der Waals surface area contributed by atoms with Crippen LogP contribution in [0.3, 0.4) is 0 Å². The van der Waals surface area contributed by atoms with Crippen molar-refractivity contribution in [2.75, 3.05) is 0 Å². The smallest absolute Gasteiger partial charge is 0.307 e. The SMILES string of the molecule is C[C@]12CCC(=O)C=C1C[C@@H](C(=O)O)[C@H]1[C@@H]3CC[C@](O)(CCC(=O)O)[C@@]3(C)CC[C@@]12O. The molecule has 7 heteroatoms. The van der Waals surface area contributed by atoms with E-state index >= 15 is 0 Å². The highest BCUT2D eigenvalue weighted by Crippen LogP contribution is 2.70. The van der Waals surface area contributed by atoms with Crippen molar-refractivity contribution in [3.05, 3.63) is 11.6 Å². The van der Waals surface area contributed by atoms with Crippen LogP contribution in [0.5, 0.6) is 0 Å². The summed E-state index contributed by atoms with van der Waals surface area (Å²) in [7, 11) is 0. The highest BCUT2D eigenvalue weighted by Gasteiger charge is 2.71. The Morgan fingerprint density at radius 1 is 1.10 bits per heavy atom. The molecule has 166 valence electrons. The third-order valence-corrected chi connectivity index (χ3v) is 9.57. The minimum atomic E-state index is -1.26. The van der Waals surface area contributed by atoms with Gasteiger partial charge in [0.05, 0.1) is 17.1 Å². The van der Waals surface area contributed by atoms with E-state index < -0.39 is 45.8 Å². The largest absolute Gasteiger partial charge is 0.481 e. The van der Waals surface area contributed by atoms with Gasteiger partial charge < -0.3 is 20.4 Å². The third kappa shape index (κ3) is 2.67. The number of fused-ring (bicyclic) bond motifs is 5. The molecule has 0 aliphatic heterocycles. The van der Waals surface area contributed by atoms with E-state index in [2.05, 4.69) is 0 Å². The van der Waals surface area contributed by atoms with Gasteiger partial charge in [-0.2, -0.15) is 0 Å². The van der Waals surface area contributed by atoms with Crippen molar-refractivity contribution in [2.24, 2.45) is 28.6 Å². The van der Waals surface area contributed by atoms with E-state index in [1.165, 1.54) is 0 Å². The molecule has 0 aromatic carbocycles. The number of aliphatic hydroxyl groups is 2. The number of rotatable bonds is 4. The number of aliphatic carboxylic acids is 2. The van der Waals surface area contributed by atoms with Gasteiger partial charge in [0, 0.05) is 24.2 Å². The van der Waals surface area contributed by atoms with Gasteiger partial charge in [-0.05, 0) is 62.4 Å². The van der Waals surface area contributed by atoms with Crippen LogP contribution >= 0.6 is 0 Å². The lowest BCUT2D eigenvalue weighted by molar-refractivity contribution is -0.228. The molecule has 0 unspecified atom stereocenters. The summed E-state index contributed by atoms with van der Waals surface area (Å²) in [5.74, 6) is -3.54. The zero-order valence-corrected chi connectivity index (χ0v) is 17.7. The normalized spacial score (nSPS) is 47.7. The average molecular weight is 421 g/mol. The Balaban J connectivity index is 1.78. The van der Waals surface area contributed by atoms with Crippen molar-refractivity contribution < 1.29 is 34.8 Å². The number of carbonyl (C=O) groups excluding carboxylic acids is 1. The summed E-state index contributed by atoms with van der Waals surface area (Å²) < 4.78 is 0. The molecule has 0 saturated heterocycles. The first-order valence-corrected chi connectivity index (χ1v) is 11.0. The molecule has 0 aromatic rings. The fourth-order valence-corrected chi connectivity index (χ4v) is 7.61. The highest BCUT2D eigenvalue weighted by atomic mass is 16.4. The van der Waals surface area contributed by atoms with Gasteiger partial charge in [-0.3, -0.25) is 14.4 Å². The van der Waals surface area contributed by atoms with Gasteiger partial charge in [0.1, 0.15) is 0 Å². The molecule has 0 spiro atoms.